The van der Waals surface area contributed by atoms with Gasteiger partial charge in [0.15, 0.2) is 5.82 Å². The fourth-order valence-electron chi connectivity index (χ4n) is 2.15. The van der Waals surface area contributed by atoms with Crippen molar-refractivity contribution in [3.05, 3.63) is 41.5 Å². The largest absolute Gasteiger partial charge is 0.366 e. The number of aromatic nitrogens is 6. The molecule has 1 atom stereocenters. The highest BCUT2D eigenvalue weighted by Gasteiger charge is 2.19. The first-order valence-corrected chi connectivity index (χ1v) is 7.60. The van der Waals surface area contributed by atoms with Crippen LogP contribution in [-0.4, -0.2) is 36.3 Å². The van der Waals surface area contributed by atoms with E-state index in [4.69, 9.17) is 10.3 Å². The van der Waals surface area contributed by atoms with E-state index in [1.807, 2.05) is 13.8 Å². The highest BCUT2D eigenvalue weighted by Crippen LogP contribution is 2.18. The van der Waals surface area contributed by atoms with Crippen molar-refractivity contribution in [3.8, 4) is 11.4 Å². The number of aryl methyl sites for hydroxylation is 1. The summed E-state index contributed by atoms with van der Waals surface area (Å²) in [6, 6.07) is 6.36. The summed E-state index contributed by atoms with van der Waals surface area (Å²) in [5.41, 5.74) is 6.38. The predicted molar refractivity (Wildman–Crippen MR) is 83.9 cm³/mol. The van der Waals surface area contributed by atoms with Crippen molar-refractivity contribution in [2.45, 2.75) is 32.7 Å². The van der Waals surface area contributed by atoms with Crippen LogP contribution in [0.3, 0.4) is 0 Å². The lowest BCUT2D eigenvalue weighted by molar-refractivity contribution is 0.100. The Morgan fingerprint density at radius 3 is 2.75 bits per heavy atom. The number of rotatable bonds is 6. The molecule has 1 aromatic carbocycles. The number of carbonyl (C=O) groups is 1. The first-order chi connectivity index (χ1) is 11.6. The summed E-state index contributed by atoms with van der Waals surface area (Å²) in [7, 11) is 0. The van der Waals surface area contributed by atoms with Gasteiger partial charge in [0.1, 0.15) is 6.04 Å². The molecule has 0 saturated carbocycles. The van der Waals surface area contributed by atoms with Crippen LogP contribution in [0.1, 0.15) is 48.4 Å². The molecule has 1 amide bonds. The van der Waals surface area contributed by atoms with E-state index in [-0.39, 0.29) is 6.04 Å². The molecule has 0 saturated heterocycles. The molecule has 3 rings (SSSR count). The Kier molecular flexibility index (Phi) is 4.32. The quantitative estimate of drug-likeness (QED) is 0.724. The fraction of sp³-hybridized carbons (Fsp3) is 0.333. The molecule has 9 nitrogen and oxygen atoms in total. The second-order valence-corrected chi connectivity index (χ2v) is 5.35. The maximum atomic E-state index is 11.1. The number of benzene rings is 1. The Bertz CT molecular complexity index is 838. The van der Waals surface area contributed by atoms with Crippen LogP contribution in [-0.2, 0) is 6.42 Å². The predicted octanol–water partition coefficient (Wildman–Crippen LogP) is 1.38. The maximum Gasteiger partial charge on any atom is 0.253 e. The highest BCUT2D eigenvalue weighted by atomic mass is 16.5. The van der Waals surface area contributed by atoms with E-state index < -0.39 is 5.91 Å². The first kappa shape index (κ1) is 15.8. The SMILES string of the molecule is CCCc1noc([C@@H](C)n2nnc(-c3ccc(C(N)=O)cc3)n2)n1. The molecule has 0 aliphatic heterocycles. The van der Waals surface area contributed by atoms with Crippen molar-refractivity contribution in [2.24, 2.45) is 5.73 Å². The van der Waals surface area contributed by atoms with Crippen molar-refractivity contribution in [2.75, 3.05) is 0 Å². The van der Waals surface area contributed by atoms with Crippen LogP contribution in [0.2, 0.25) is 0 Å². The fourth-order valence-corrected chi connectivity index (χ4v) is 2.15. The third-order valence-electron chi connectivity index (χ3n) is 3.52. The molecule has 2 heterocycles. The number of nitrogens with zero attached hydrogens (tertiary/aromatic N) is 6. The zero-order valence-electron chi connectivity index (χ0n) is 13.4. The Labute approximate surface area is 137 Å². The van der Waals surface area contributed by atoms with Gasteiger partial charge in [-0.15, -0.1) is 10.2 Å². The molecular formula is C15H17N7O2. The van der Waals surface area contributed by atoms with E-state index in [9.17, 15) is 4.79 Å². The molecule has 0 fully saturated rings. The zero-order chi connectivity index (χ0) is 17.1. The molecule has 9 heteroatoms. The van der Waals surface area contributed by atoms with Gasteiger partial charge in [-0.3, -0.25) is 4.79 Å². The molecule has 0 aliphatic rings. The lowest BCUT2D eigenvalue weighted by atomic mass is 10.1. The van der Waals surface area contributed by atoms with Gasteiger partial charge in [0.05, 0.1) is 0 Å². The Morgan fingerprint density at radius 2 is 2.08 bits per heavy atom. The van der Waals surface area contributed by atoms with Crippen molar-refractivity contribution < 1.29 is 9.32 Å². The summed E-state index contributed by atoms with van der Waals surface area (Å²) in [4.78, 5) is 16.8. The minimum atomic E-state index is -0.480. The van der Waals surface area contributed by atoms with E-state index in [0.717, 1.165) is 18.4 Å². The van der Waals surface area contributed by atoms with Crippen LogP contribution >= 0.6 is 0 Å². The van der Waals surface area contributed by atoms with Crippen LogP contribution in [0, 0.1) is 0 Å². The summed E-state index contributed by atoms with van der Waals surface area (Å²) in [5, 5.41) is 16.3. The van der Waals surface area contributed by atoms with Crippen molar-refractivity contribution in [3.63, 3.8) is 0 Å². The van der Waals surface area contributed by atoms with E-state index in [1.54, 1.807) is 24.3 Å². The lowest BCUT2D eigenvalue weighted by Crippen LogP contribution is -2.11. The van der Waals surface area contributed by atoms with Crippen molar-refractivity contribution >= 4 is 5.91 Å². The molecule has 124 valence electrons. The van der Waals surface area contributed by atoms with E-state index in [0.29, 0.717) is 23.1 Å². The van der Waals surface area contributed by atoms with Gasteiger partial charge in [0.2, 0.25) is 11.7 Å². The number of hydrogen-bond acceptors (Lipinski definition) is 7. The number of primary amides is 1. The van der Waals surface area contributed by atoms with Gasteiger partial charge in [-0.25, -0.2) is 0 Å². The van der Waals surface area contributed by atoms with Gasteiger partial charge in [0.25, 0.3) is 5.89 Å². The molecule has 3 aromatic rings. The maximum absolute atomic E-state index is 11.1. The van der Waals surface area contributed by atoms with Gasteiger partial charge in [-0.1, -0.05) is 24.2 Å². The third kappa shape index (κ3) is 3.14. The van der Waals surface area contributed by atoms with E-state index in [1.165, 1.54) is 4.80 Å². The third-order valence-corrected chi connectivity index (χ3v) is 3.52. The van der Waals surface area contributed by atoms with Crippen molar-refractivity contribution in [1.82, 2.24) is 30.3 Å². The normalized spacial score (nSPS) is 12.2. The Hall–Kier alpha value is -3.10. The van der Waals surface area contributed by atoms with E-state index in [2.05, 4.69) is 25.6 Å². The molecule has 0 aliphatic carbocycles. The minimum Gasteiger partial charge on any atom is -0.366 e. The van der Waals surface area contributed by atoms with Gasteiger partial charge >= 0.3 is 0 Å². The first-order valence-electron chi connectivity index (χ1n) is 7.60. The van der Waals surface area contributed by atoms with Crippen molar-refractivity contribution in [1.29, 1.82) is 0 Å². The number of amides is 1. The van der Waals surface area contributed by atoms with Gasteiger partial charge in [-0.05, 0) is 30.7 Å². The van der Waals surface area contributed by atoms with E-state index >= 15 is 0 Å². The summed E-state index contributed by atoms with van der Waals surface area (Å²) >= 11 is 0. The molecule has 0 radical (unpaired) electrons. The van der Waals surface area contributed by atoms with Crippen LogP contribution in [0.25, 0.3) is 11.4 Å². The molecule has 0 spiro atoms. The van der Waals surface area contributed by atoms with Crippen LogP contribution in [0.5, 0.6) is 0 Å². The van der Waals surface area contributed by atoms with Crippen LogP contribution in [0.4, 0.5) is 0 Å². The van der Waals surface area contributed by atoms with Crippen LogP contribution < -0.4 is 5.73 Å². The Balaban J connectivity index is 1.80. The number of carbonyl (C=O) groups excluding carboxylic acids is 1. The van der Waals surface area contributed by atoms with Crippen LogP contribution in [0.15, 0.2) is 28.8 Å². The average Bonchev–Trinajstić information content (AvgIpc) is 3.24. The molecule has 0 bridgehead atoms. The van der Waals surface area contributed by atoms with Gasteiger partial charge < -0.3 is 10.3 Å². The Morgan fingerprint density at radius 1 is 1.33 bits per heavy atom. The zero-order valence-corrected chi connectivity index (χ0v) is 13.4. The molecule has 2 N–H and O–H groups in total. The van der Waals surface area contributed by atoms with Gasteiger partial charge in [-0.2, -0.15) is 9.78 Å². The standard InChI is InChI=1S/C15H17N7O2/c1-3-4-12-17-15(24-20-12)9(2)22-19-14(18-21-22)11-7-5-10(6-8-11)13(16)23/h5-9H,3-4H2,1-2H3,(H2,16,23)/t9-/m1/s1. The number of tetrazole rings is 1. The number of hydrogen-bond donors (Lipinski definition) is 1. The molecule has 0 unspecified atom stereocenters. The topological polar surface area (TPSA) is 126 Å². The number of nitrogens with two attached hydrogens (primary N) is 1. The second-order valence-electron chi connectivity index (χ2n) is 5.35. The molecule has 24 heavy (non-hydrogen) atoms. The smallest absolute Gasteiger partial charge is 0.253 e. The van der Waals surface area contributed by atoms with Gasteiger partial charge in [0, 0.05) is 17.5 Å². The second kappa shape index (κ2) is 6.57. The highest BCUT2D eigenvalue weighted by molar-refractivity contribution is 5.93. The summed E-state index contributed by atoms with van der Waals surface area (Å²) in [6.07, 6.45) is 1.71. The average molecular weight is 327 g/mol. The summed E-state index contributed by atoms with van der Waals surface area (Å²) in [6.45, 7) is 3.90. The monoisotopic (exact) mass is 327 g/mol. The minimum absolute atomic E-state index is 0.325. The lowest BCUT2D eigenvalue weighted by Gasteiger charge is -2.03. The molecular weight excluding hydrogens is 310 g/mol. The summed E-state index contributed by atoms with van der Waals surface area (Å²) in [5.74, 6) is 1.06. The molecule has 2 aromatic heterocycles. The summed E-state index contributed by atoms with van der Waals surface area (Å²) < 4.78 is 5.25.